The molecule has 1 aliphatic heterocycles. The van der Waals surface area contributed by atoms with Gasteiger partial charge in [0.25, 0.3) is 0 Å². The van der Waals surface area contributed by atoms with E-state index in [-0.39, 0.29) is 11.6 Å². The maximum Gasteiger partial charge on any atom is 0.341 e. The molecule has 1 atom stereocenters. The number of nitrogens with zero attached hydrogens (tertiary/aromatic N) is 2. The summed E-state index contributed by atoms with van der Waals surface area (Å²) in [5, 5.41) is 9.21. The van der Waals surface area contributed by atoms with E-state index in [9.17, 15) is 14.7 Å². The van der Waals surface area contributed by atoms with Crippen molar-refractivity contribution in [3.05, 3.63) is 45.7 Å². The Kier molecular flexibility index (Phi) is 3.83. The van der Waals surface area contributed by atoms with Crippen molar-refractivity contribution < 1.29 is 14.6 Å². The summed E-state index contributed by atoms with van der Waals surface area (Å²) in [5.41, 5.74) is 2.85. The van der Waals surface area contributed by atoms with Crippen LogP contribution < -0.4 is 15.1 Å². The Labute approximate surface area is 139 Å². The van der Waals surface area contributed by atoms with E-state index in [1.54, 1.807) is 0 Å². The first kappa shape index (κ1) is 16.1. The van der Waals surface area contributed by atoms with Crippen LogP contribution in [0.1, 0.15) is 28.9 Å². The fraction of sp³-hybridized carbons (Fsp3) is 0.333. The van der Waals surface area contributed by atoms with Crippen molar-refractivity contribution in [2.75, 3.05) is 25.6 Å². The van der Waals surface area contributed by atoms with Gasteiger partial charge in [-0.2, -0.15) is 0 Å². The van der Waals surface area contributed by atoms with Gasteiger partial charge < -0.3 is 19.3 Å². The zero-order valence-electron chi connectivity index (χ0n) is 14.2. The van der Waals surface area contributed by atoms with Gasteiger partial charge in [-0.3, -0.25) is 4.79 Å². The van der Waals surface area contributed by atoms with Crippen LogP contribution in [0.4, 0.5) is 5.69 Å². The number of anilines is 1. The van der Waals surface area contributed by atoms with Crippen LogP contribution in [0.2, 0.25) is 0 Å². The molecule has 126 valence electrons. The second kappa shape index (κ2) is 5.70. The van der Waals surface area contributed by atoms with Gasteiger partial charge in [-0.25, -0.2) is 4.79 Å². The molecule has 1 aliphatic rings. The van der Waals surface area contributed by atoms with Crippen molar-refractivity contribution in [3.8, 4) is 17.0 Å². The molecule has 2 heterocycles. The molecule has 24 heavy (non-hydrogen) atoms. The highest BCUT2D eigenvalue weighted by Crippen LogP contribution is 2.38. The lowest BCUT2D eigenvalue weighted by molar-refractivity contribution is 0.0694. The summed E-state index contributed by atoms with van der Waals surface area (Å²) in [6.07, 6.45) is 1.41. The third kappa shape index (κ3) is 2.54. The third-order valence-electron chi connectivity index (χ3n) is 4.32. The van der Waals surface area contributed by atoms with Crippen LogP contribution in [-0.4, -0.2) is 36.3 Å². The highest BCUT2D eigenvalue weighted by Gasteiger charge is 2.23. The van der Waals surface area contributed by atoms with E-state index in [4.69, 9.17) is 4.74 Å². The van der Waals surface area contributed by atoms with Gasteiger partial charge in [0, 0.05) is 43.7 Å². The number of aromatic carboxylic acids is 1. The number of carboxylic acid groups (broad SMARTS) is 1. The van der Waals surface area contributed by atoms with Gasteiger partial charge in [0.1, 0.15) is 17.9 Å². The van der Waals surface area contributed by atoms with Gasteiger partial charge in [0.2, 0.25) is 0 Å². The van der Waals surface area contributed by atoms with Crippen LogP contribution in [0.3, 0.4) is 0 Å². The summed E-state index contributed by atoms with van der Waals surface area (Å²) in [7, 11) is 3.93. The number of rotatable bonds is 2. The smallest absolute Gasteiger partial charge is 0.341 e. The highest BCUT2D eigenvalue weighted by molar-refractivity contribution is 5.88. The maximum absolute atomic E-state index is 12.2. The van der Waals surface area contributed by atoms with E-state index in [1.165, 1.54) is 12.3 Å². The van der Waals surface area contributed by atoms with Crippen LogP contribution in [0.25, 0.3) is 11.3 Å². The van der Waals surface area contributed by atoms with Crippen LogP contribution in [0, 0.1) is 6.92 Å². The molecule has 3 rings (SSSR count). The van der Waals surface area contributed by atoms with Crippen molar-refractivity contribution in [1.29, 1.82) is 0 Å². The molecule has 0 saturated carbocycles. The fourth-order valence-corrected chi connectivity index (χ4v) is 3.06. The summed E-state index contributed by atoms with van der Waals surface area (Å²) in [4.78, 5) is 25.5. The minimum atomic E-state index is -1.22. The average Bonchev–Trinajstić information content (AvgIpc) is 2.63. The first-order valence-corrected chi connectivity index (χ1v) is 7.74. The van der Waals surface area contributed by atoms with Crippen molar-refractivity contribution in [1.82, 2.24) is 4.57 Å². The maximum atomic E-state index is 12.2. The topological polar surface area (TPSA) is 71.8 Å². The van der Waals surface area contributed by atoms with Crippen molar-refractivity contribution in [3.63, 3.8) is 0 Å². The number of hydrogen-bond acceptors (Lipinski definition) is 4. The Balaban J connectivity index is 2.30. The predicted molar refractivity (Wildman–Crippen MR) is 92.4 cm³/mol. The number of carbonyl (C=O) groups is 1. The van der Waals surface area contributed by atoms with E-state index in [2.05, 4.69) is 0 Å². The van der Waals surface area contributed by atoms with Crippen LogP contribution in [-0.2, 0) is 0 Å². The van der Waals surface area contributed by atoms with Crippen molar-refractivity contribution in [2.45, 2.75) is 19.9 Å². The lowest BCUT2D eigenvalue weighted by atomic mass is 10.0. The van der Waals surface area contributed by atoms with E-state index in [1.807, 2.05) is 49.5 Å². The summed E-state index contributed by atoms with van der Waals surface area (Å²) in [6.45, 7) is 4.33. The summed E-state index contributed by atoms with van der Waals surface area (Å²) >= 11 is 0. The molecule has 0 saturated heterocycles. The molecule has 1 aromatic carbocycles. The Morgan fingerprint density at radius 3 is 2.67 bits per heavy atom. The Morgan fingerprint density at radius 2 is 2.04 bits per heavy atom. The largest absolute Gasteiger partial charge is 0.491 e. The fourth-order valence-electron chi connectivity index (χ4n) is 3.06. The molecular weight excluding hydrogens is 308 g/mol. The summed E-state index contributed by atoms with van der Waals surface area (Å²) in [5.74, 6) is -0.517. The quantitative estimate of drug-likeness (QED) is 0.917. The zero-order chi connectivity index (χ0) is 17.6. The van der Waals surface area contributed by atoms with Gasteiger partial charge in [0.15, 0.2) is 5.43 Å². The predicted octanol–water partition coefficient (Wildman–Crippen LogP) is 2.54. The molecule has 1 N–H and O–H groups in total. The number of aryl methyl sites for hydroxylation is 1. The Bertz CT molecular complexity index is 883. The molecule has 6 heteroatoms. The Morgan fingerprint density at radius 1 is 1.33 bits per heavy atom. The van der Waals surface area contributed by atoms with E-state index >= 15 is 0 Å². The van der Waals surface area contributed by atoms with Crippen LogP contribution in [0.5, 0.6) is 5.75 Å². The molecule has 0 fully saturated rings. The molecule has 0 aliphatic carbocycles. The van der Waals surface area contributed by atoms with Gasteiger partial charge >= 0.3 is 5.97 Å². The lowest BCUT2D eigenvalue weighted by Crippen LogP contribution is -2.21. The minimum Gasteiger partial charge on any atom is -0.491 e. The second-order valence-corrected chi connectivity index (χ2v) is 6.34. The molecule has 0 spiro atoms. The summed E-state index contributed by atoms with van der Waals surface area (Å²) < 4.78 is 7.74. The molecule has 2 aromatic rings. The monoisotopic (exact) mass is 328 g/mol. The summed E-state index contributed by atoms with van der Waals surface area (Å²) in [6, 6.07) is 5.24. The average molecular weight is 328 g/mol. The van der Waals surface area contributed by atoms with Crippen molar-refractivity contribution >= 4 is 11.7 Å². The van der Waals surface area contributed by atoms with Gasteiger partial charge in [-0.1, -0.05) is 0 Å². The number of fused-ring (bicyclic) bond motifs is 3. The number of hydrogen-bond donors (Lipinski definition) is 1. The first-order valence-electron chi connectivity index (χ1n) is 7.74. The first-order chi connectivity index (χ1) is 11.3. The lowest BCUT2D eigenvalue weighted by Gasteiger charge is -2.19. The molecule has 0 unspecified atom stereocenters. The molecular formula is C18H20N2O4. The zero-order valence-corrected chi connectivity index (χ0v) is 14.2. The number of aromatic nitrogens is 1. The van der Waals surface area contributed by atoms with Crippen molar-refractivity contribution in [2.24, 2.45) is 0 Å². The van der Waals surface area contributed by atoms with E-state index in [0.717, 1.165) is 16.8 Å². The standard InChI is InChI=1S/C18H20N2O4/c1-10-5-12-15-6-16(21)13(18(22)23)8-20(15)11(2)9-24-17(12)7-14(10)19(3)4/h5-8,11H,9H2,1-4H3,(H,22,23)/t11-/m1/s1. The van der Waals surface area contributed by atoms with Gasteiger partial charge in [-0.15, -0.1) is 0 Å². The number of pyridine rings is 1. The van der Waals surface area contributed by atoms with E-state index in [0.29, 0.717) is 18.1 Å². The number of carboxylic acids is 1. The van der Waals surface area contributed by atoms with Gasteiger partial charge in [-0.05, 0) is 25.5 Å². The van der Waals surface area contributed by atoms with Crippen LogP contribution in [0.15, 0.2) is 29.2 Å². The number of ether oxygens (including phenoxy) is 1. The third-order valence-corrected chi connectivity index (χ3v) is 4.32. The molecule has 6 nitrogen and oxygen atoms in total. The highest BCUT2D eigenvalue weighted by atomic mass is 16.5. The second-order valence-electron chi connectivity index (χ2n) is 6.34. The molecule has 0 amide bonds. The minimum absolute atomic E-state index is 0.0887. The molecule has 1 aromatic heterocycles. The number of benzene rings is 1. The molecule has 0 bridgehead atoms. The molecule has 0 radical (unpaired) electrons. The van der Waals surface area contributed by atoms with Crippen LogP contribution >= 0.6 is 0 Å². The normalized spacial score (nSPS) is 15.8. The SMILES string of the molecule is Cc1cc2c(cc1N(C)C)OC[C@@H](C)n1cc(C(=O)O)c(=O)cc1-2. The van der Waals surface area contributed by atoms with E-state index < -0.39 is 11.4 Å². The van der Waals surface area contributed by atoms with Gasteiger partial charge in [0.05, 0.1) is 11.7 Å². The Hall–Kier alpha value is -2.76.